The standard InChI is InChI=1S/C10H8F3NO2/c11-10(12,13)8(15)5-9-14-6-3-1-2-4-7(6)16-9/h1-4,8,15H,5H2/t8-/m0/s1. The molecule has 0 saturated carbocycles. The van der Waals surface area contributed by atoms with E-state index < -0.39 is 18.7 Å². The predicted octanol–water partition coefficient (Wildman–Crippen LogP) is 2.29. The van der Waals surface area contributed by atoms with Crippen molar-refractivity contribution in [2.24, 2.45) is 0 Å². The van der Waals surface area contributed by atoms with Crippen molar-refractivity contribution in [3.8, 4) is 0 Å². The number of benzene rings is 1. The second-order valence-corrected chi connectivity index (χ2v) is 3.34. The number of fused-ring (bicyclic) bond motifs is 1. The highest BCUT2D eigenvalue weighted by Crippen LogP contribution is 2.24. The number of para-hydroxylation sites is 2. The number of oxazole rings is 1. The van der Waals surface area contributed by atoms with Gasteiger partial charge >= 0.3 is 6.18 Å². The molecule has 1 aromatic carbocycles. The number of rotatable bonds is 2. The summed E-state index contributed by atoms with van der Waals surface area (Å²) in [6.07, 6.45) is -7.76. The molecule has 2 rings (SSSR count). The van der Waals surface area contributed by atoms with E-state index in [2.05, 4.69) is 4.98 Å². The van der Waals surface area contributed by atoms with Crippen molar-refractivity contribution in [1.82, 2.24) is 4.98 Å². The van der Waals surface area contributed by atoms with Crippen LogP contribution < -0.4 is 0 Å². The highest BCUT2D eigenvalue weighted by atomic mass is 19.4. The second-order valence-electron chi connectivity index (χ2n) is 3.34. The second kappa shape index (κ2) is 3.79. The summed E-state index contributed by atoms with van der Waals surface area (Å²) in [5.41, 5.74) is 0.888. The lowest BCUT2D eigenvalue weighted by Gasteiger charge is -2.11. The first-order chi connectivity index (χ1) is 7.47. The van der Waals surface area contributed by atoms with Crippen LogP contribution in [0.3, 0.4) is 0 Å². The van der Waals surface area contributed by atoms with Gasteiger partial charge in [0.2, 0.25) is 0 Å². The van der Waals surface area contributed by atoms with E-state index in [9.17, 15) is 13.2 Å². The molecule has 0 saturated heterocycles. The fourth-order valence-electron chi connectivity index (χ4n) is 1.29. The zero-order valence-electron chi connectivity index (χ0n) is 8.03. The molecule has 6 heteroatoms. The van der Waals surface area contributed by atoms with Crippen LogP contribution in [0.2, 0.25) is 0 Å². The van der Waals surface area contributed by atoms with Crippen LogP contribution in [0.15, 0.2) is 28.7 Å². The van der Waals surface area contributed by atoms with Crippen molar-refractivity contribution in [2.45, 2.75) is 18.7 Å². The Morgan fingerprint density at radius 3 is 2.62 bits per heavy atom. The number of aliphatic hydroxyl groups is 1. The molecule has 1 N–H and O–H groups in total. The Labute approximate surface area is 88.5 Å². The van der Waals surface area contributed by atoms with Crippen LogP contribution in [-0.4, -0.2) is 22.4 Å². The quantitative estimate of drug-likeness (QED) is 0.862. The Bertz CT molecular complexity index is 459. The van der Waals surface area contributed by atoms with Crippen LogP contribution in [0.4, 0.5) is 13.2 Å². The summed E-state index contributed by atoms with van der Waals surface area (Å²) < 4.78 is 41.3. The van der Waals surface area contributed by atoms with E-state index in [1.807, 2.05) is 0 Å². The Morgan fingerprint density at radius 2 is 2.00 bits per heavy atom. The van der Waals surface area contributed by atoms with Crippen molar-refractivity contribution in [2.75, 3.05) is 0 Å². The van der Waals surface area contributed by atoms with Gasteiger partial charge in [0.25, 0.3) is 0 Å². The molecular weight excluding hydrogens is 223 g/mol. The molecule has 0 amide bonds. The van der Waals surface area contributed by atoms with E-state index in [0.717, 1.165) is 0 Å². The molecule has 1 aromatic heterocycles. The molecule has 0 aliphatic rings. The largest absolute Gasteiger partial charge is 0.441 e. The van der Waals surface area contributed by atoms with Crippen molar-refractivity contribution < 1.29 is 22.7 Å². The summed E-state index contributed by atoms with van der Waals surface area (Å²) in [5, 5.41) is 8.84. The zero-order chi connectivity index (χ0) is 11.8. The monoisotopic (exact) mass is 231 g/mol. The topological polar surface area (TPSA) is 46.3 Å². The number of hydrogen-bond donors (Lipinski definition) is 1. The highest BCUT2D eigenvalue weighted by molar-refractivity contribution is 5.72. The molecule has 0 aliphatic carbocycles. The zero-order valence-corrected chi connectivity index (χ0v) is 8.03. The number of halogens is 3. The molecule has 0 aliphatic heterocycles. The van der Waals surface area contributed by atoms with E-state index in [-0.39, 0.29) is 5.89 Å². The van der Waals surface area contributed by atoms with Crippen LogP contribution in [0.5, 0.6) is 0 Å². The first-order valence-corrected chi connectivity index (χ1v) is 4.56. The molecule has 0 unspecified atom stereocenters. The van der Waals surface area contributed by atoms with E-state index in [1.54, 1.807) is 24.3 Å². The van der Waals surface area contributed by atoms with Gasteiger partial charge in [0, 0.05) is 0 Å². The average molecular weight is 231 g/mol. The summed E-state index contributed by atoms with van der Waals surface area (Å²) in [6.45, 7) is 0. The predicted molar refractivity (Wildman–Crippen MR) is 49.8 cm³/mol. The molecular formula is C10H8F3NO2. The Kier molecular flexibility index (Phi) is 2.59. The molecule has 1 atom stereocenters. The molecule has 0 bridgehead atoms. The fourth-order valence-corrected chi connectivity index (χ4v) is 1.29. The van der Waals surface area contributed by atoms with Crippen LogP contribution >= 0.6 is 0 Å². The van der Waals surface area contributed by atoms with Crippen LogP contribution in [-0.2, 0) is 6.42 Å². The molecule has 0 fully saturated rings. The summed E-state index contributed by atoms with van der Waals surface area (Å²) in [7, 11) is 0. The van der Waals surface area contributed by atoms with Gasteiger partial charge < -0.3 is 9.52 Å². The first kappa shape index (κ1) is 10.9. The SMILES string of the molecule is O[C@@H](Cc1nc2ccccc2o1)C(F)(F)F. The Hall–Kier alpha value is -1.56. The minimum absolute atomic E-state index is 0.119. The van der Waals surface area contributed by atoms with Gasteiger partial charge in [-0.05, 0) is 12.1 Å². The Balaban J connectivity index is 2.22. The van der Waals surface area contributed by atoms with Crippen LogP contribution in [0.25, 0.3) is 11.1 Å². The molecule has 1 heterocycles. The molecule has 0 spiro atoms. The van der Waals surface area contributed by atoms with Gasteiger partial charge in [0.15, 0.2) is 17.6 Å². The van der Waals surface area contributed by atoms with Gasteiger partial charge in [-0.15, -0.1) is 0 Å². The van der Waals surface area contributed by atoms with Crippen molar-refractivity contribution in [3.05, 3.63) is 30.2 Å². The van der Waals surface area contributed by atoms with Crippen LogP contribution in [0, 0.1) is 0 Å². The lowest BCUT2D eigenvalue weighted by atomic mass is 10.2. The molecule has 2 aromatic rings. The number of alkyl halides is 3. The van der Waals surface area contributed by atoms with E-state index in [0.29, 0.717) is 11.1 Å². The lowest BCUT2D eigenvalue weighted by molar-refractivity contribution is -0.204. The third-order valence-corrected chi connectivity index (χ3v) is 2.08. The van der Waals surface area contributed by atoms with Crippen molar-refractivity contribution in [1.29, 1.82) is 0 Å². The lowest BCUT2D eigenvalue weighted by Crippen LogP contribution is -2.30. The van der Waals surface area contributed by atoms with Crippen molar-refractivity contribution in [3.63, 3.8) is 0 Å². The number of nitrogens with zero attached hydrogens (tertiary/aromatic N) is 1. The maximum absolute atomic E-state index is 12.1. The molecule has 86 valence electrons. The molecule has 3 nitrogen and oxygen atoms in total. The maximum atomic E-state index is 12.1. The molecule has 16 heavy (non-hydrogen) atoms. The first-order valence-electron chi connectivity index (χ1n) is 4.56. The Morgan fingerprint density at radius 1 is 1.31 bits per heavy atom. The summed E-state index contributed by atoms with van der Waals surface area (Å²) in [4.78, 5) is 3.84. The number of aliphatic hydroxyl groups excluding tert-OH is 1. The van der Waals surface area contributed by atoms with Gasteiger partial charge in [-0.3, -0.25) is 0 Å². The number of aromatic nitrogens is 1. The van der Waals surface area contributed by atoms with Crippen LogP contribution in [0.1, 0.15) is 5.89 Å². The normalized spacial score (nSPS) is 14.2. The maximum Gasteiger partial charge on any atom is 0.414 e. The third kappa shape index (κ3) is 2.16. The van der Waals surface area contributed by atoms with Gasteiger partial charge in [-0.1, -0.05) is 12.1 Å². The number of hydrogen-bond acceptors (Lipinski definition) is 3. The third-order valence-electron chi connectivity index (χ3n) is 2.08. The summed E-state index contributed by atoms with van der Waals surface area (Å²) in [5.74, 6) is -0.119. The van der Waals surface area contributed by atoms with Crippen molar-refractivity contribution >= 4 is 11.1 Å². The highest BCUT2D eigenvalue weighted by Gasteiger charge is 2.39. The van der Waals surface area contributed by atoms with Gasteiger partial charge in [0.05, 0.1) is 6.42 Å². The summed E-state index contributed by atoms with van der Waals surface area (Å²) >= 11 is 0. The van der Waals surface area contributed by atoms with E-state index in [4.69, 9.17) is 9.52 Å². The minimum Gasteiger partial charge on any atom is -0.441 e. The van der Waals surface area contributed by atoms with Gasteiger partial charge in [-0.2, -0.15) is 13.2 Å². The van der Waals surface area contributed by atoms with Gasteiger partial charge in [0.1, 0.15) is 5.52 Å². The average Bonchev–Trinajstić information content (AvgIpc) is 2.58. The van der Waals surface area contributed by atoms with E-state index in [1.165, 1.54) is 0 Å². The smallest absolute Gasteiger partial charge is 0.414 e. The summed E-state index contributed by atoms with van der Waals surface area (Å²) in [6, 6.07) is 6.63. The van der Waals surface area contributed by atoms with Gasteiger partial charge in [-0.25, -0.2) is 4.98 Å². The fraction of sp³-hybridized carbons (Fsp3) is 0.300. The molecule has 0 radical (unpaired) electrons. The minimum atomic E-state index is -4.65. The van der Waals surface area contributed by atoms with E-state index >= 15 is 0 Å².